The summed E-state index contributed by atoms with van der Waals surface area (Å²) in [5, 5.41) is 4.18. The van der Waals surface area contributed by atoms with Crippen LogP contribution in [0.15, 0.2) is 42.5 Å². The first-order valence-electron chi connectivity index (χ1n) is 6.94. The molecule has 0 aliphatic heterocycles. The lowest BCUT2D eigenvalue weighted by Crippen LogP contribution is -2.08. The van der Waals surface area contributed by atoms with Crippen molar-refractivity contribution >= 4 is 39.9 Å². The maximum atomic E-state index is 6.26. The maximum absolute atomic E-state index is 6.26. The van der Waals surface area contributed by atoms with Crippen LogP contribution in [0.4, 0.5) is 5.69 Å². The molecule has 2 aromatic rings. The Morgan fingerprint density at radius 1 is 1.05 bits per heavy atom. The van der Waals surface area contributed by atoms with E-state index in [2.05, 4.69) is 47.0 Å². The zero-order chi connectivity index (χ0) is 15.4. The van der Waals surface area contributed by atoms with E-state index in [1.165, 1.54) is 5.56 Å². The van der Waals surface area contributed by atoms with Crippen molar-refractivity contribution in [1.29, 1.82) is 0 Å². The number of ether oxygens (including phenoxy) is 1. The predicted molar refractivity (Wildman–Crippen MR) is 98.4 cm³/mol. The fraction of sp³-hybridized carbons (Fsp3) is 0.294. The highest BCUT2D eigenvalue weighted by Crippen LogP contribution is 2.28. The minimum absolute atomic E-state index is 0.177. The average Bonchev–Trinajstić information content (AvgIpc) is 2.42. The van der Waals surface area contributed by atoms with Crippen molar-refractivity contribution in [2.24, 2.45) is 0 Å². The summed E-state index contributed by atoms with van der Waals surface area (Å²) in [7, 11) is 0. The Kier molecular flexibility index (Phi) is 5.76. The standard InChI is InChI=1S/C17H19ClINO/c1-11(2)21-15-7-4-13(5-8-15)12(3)20-17-9-6-14(19)10-16(17)18/h4-12,20H,1-3H3. The summed E-state index contributed by atoms with van der Waals surface area (Å²) in [4.78, 5) is 0. The second-order valence-electron chi connectivity index (χ2n) is 5.23. The molecule has 0 amide bonds. The Bertz CT molecular complexity index is 598. The van der Waals surface area contributed by atoms with E-state index in [4.69, 9.17) is 16.3 Å². The summed E-state index contributed by atoms with van der Waals surface area (Å²) in [6, 6.07) is 14.3. The van der Waals surface area contributed by atoms with Crippen LogP contribution in [0.2, 0.25) is 5.02 Å². The van der Waals surface area contributed by atoms with Gasteiger partial charge < -0.3 is 10.1 Å². The van der Waals surface area contributed by atoms with Crippen molar-refractivity contribution in [3.05, 3.63) is 56.6 Å². The second-order valence-corrected chi connectivity index (χ2v) is 6.88. The molecule has 2 aromatic carbocycles. The molecular formula is C17H19ClINO. The quantitative estimate of drug-likeness (QED) is 0.613. The summed E-state index contributed by atoms with van der Waals surface area (Å²) in [5.74, 6) is 0.897. The van der Waals surface area contributed by atoms with Crippen LogP contribution in [0.1, 0.15) is 32.4 Å². The SMILES string of the molecule is CC(C)Oc1ccc(C(C)Nc2ccc(I)cc2Cl)cc1. The predicted octanol–water partition coefficient (Wildman–Crippen LogP) is 5.90. The van der Waals surface area contributed by atoms with E-state index in [9.17, 15) is 0 Å². The number of halogens is 2. The van der Waals surface area contributed by atoms with E-state index in [1.54, 1.807) is 0 Å². The third-order valence-corrected chi connectivity index (χ3v) is 4.04. The van der Waals surface area contributed by atoms with Gasteiger partial charge >= 0.3 is 0 Å². The van der Waals surface area contributed by atoms with Crippen molar-refractivity contribution in [2.45, 2.75) is 32.9 Å². The highest BCUT2D eigenvalue weighted by molar-refractivity contribution is 14.1. The minimum Gasteiger partial charge on any atom is -0.491 e. The number of benzene rings is 2. The lowest BCUT2D eigenvalue weighted by molar-refractivity contribution is 0.242. The number of nitrogens with one attached hydrogen (secondary N) is 1. The van der Waals surface area contributed by atoms with Crippen molar-refractivity contribution in [3.8, 4) is 5.75 Å². The largest absolute Gasteiger partial charge is 0.491 e. The number of rotatable bonds is 5. The molecule has 4 heteroatoms. The highest BCUT2D eigenvalue weighted by Gasteiger charge is 2.08. The first-order chi connectivity index (χ1) is 9.95. The Balaban J connectivity index is 2.07. The first-order valence-corrected chi connectivity index (χ1v) is 8.39. The van der Waals surface area contributed by atoms with E-state index in [1.807, 2.05) is 44.2 Å². The van der Waals surface area contributed by atoms with Crippen LogP contribution in [0.25, 0.3) is 0 Å². The van der Waals surface area contributed by atoms with Gasteiger partial charge in [0, 0.05) is 9.61 Å². The van der Waals surface area contributed by atoms with Crippen LogP contribution < -0.4 is 10.1 Å². The van der Waals surface area contributed by atoms with Gasteiger partial charge in [0.25, 0.3) is 0 Å². The molecule has 1 unspecified atom stereocenters. The molecule has 0 radical (unpaired) electrons. The van der Waals surface area contributed by atoms with Gasteiger partial charge in [-0.3, -0.25) is 0 Å². The van der Waals surface area contributed by atoms with Gasteiger partial charge in [0.1, 0.15) is 5.75 Å². The smallest absolute Gasteiger partial charge is 0.119 e. The topological polar surface area (TPSA) is 21.3 Å². The lowest BCUT2D eigenvalue weighted by atomic mass is 10.1. The van der Waals surface area contributed by atoms with Crippen molar-refractivity contribution < 1.29 is 4.74 Å². The molecule has 2 nitrogen and oxygen atoms in total. The molecule has 0 saturated carbocycles. The summed E-state index contributed by atoms with van der Waals surface area (Å²) in [6.45, 7) is 6.17. The van der Waals surface area contributed by atoms with Gasteiger partial charge in [-0.05, 0) is 79.3 Å². The molecule has 112 valence electrons. The van der Waals surface area contributed by atoms with E-state index in [0.717, 1.165) is 20.0 Å². The Morgan fingerprint density at radius 2 is 1.71 bits per heavy atom. The highest BCUT2D eigenvalue weighted by atomic mass is 127. The van der Waals surface area contributed by atoms with Gasteiger partial charge in [0.15, 0.2) is 0 Å². The van der Waals surface area contributed by atoms with Crippen molar-refractivity contribution in [2.75, 3.05) is 5.32 Å². The molecule has 0 aliphatic rings. The minimum atomic E-state index is 0.177. The van der Waals surface area contributed by atoms with Crippen LogP contribution in [0.3, 0.4) is 0 Å². The van der Waals surface area contributed by atoms with E-state index >= 15 is 0 Å². The summed E-state index contributed by atoms with van der Waals surface area (Å²) >= 11 is 8.51. The molecule has 0 fully saturated rings. The van der Waals surface area contributed by atoms with Gasteiger partial charge in [-0.25, -0.2) is 0 Å². The summed E-state index contributed by atoms with van der Waals surface area (Å²) < 4.78 is 6.79. The molecule has 1 N–H and O–H groups in total. The van der Waals surface area contributed by atoms with Crippen molar-refractivity contribution in [1.82, 2.24) is 0 Å². The third kappa shape index (κ3) is 4.78. The number of hydrogen-bond donors (Lipinski definition) is 1. The molecule has 0 aliphatic carbocycles. The normalized spacial score (nSPS) is 12.3. The Hall–Kier alpha value is -0.940. The van der Waals surface area contributed by atoms with Crippen LogP contribution >= 0.6 is 34.2 Å². The molecule has 21 heavy (non-hydrogen) atoms. The van der Waals surface area contributed by atoms with Gasteiger partial charge in [-0.15, -0.1) is 0 Å². The number of anilines is 1. The second kappa shape index (κ2) is 7.36. The van der Waals surface area contributed by atoms with Crippen LogP contribution in [0, 0.1) is 3.57 Å². The van der Waals surface area contributed by atoms with Crippen LogP contribution in [-0.2, 0) is 0 Å². The summed E-state index contributed by atoms with van der Waals surface area (Å²) in [6.07, 6.45) is 0.192. The molecule has 0 heterocycles. The Morgan fingerprint density at radius 3 is 2.29 bits per heavy atom. The first kappa shape index (κ1) is 16.4. The van der Waals surface area contributed by atoms with Crippen LogP contribution in [-0.4, -0.2) is 6.10 Å². The van der Waals surface area contributed by atoms with Gasteiger partial charge in [-0.2, -0.15) is 0 Å². The van der Waals surface area contributed by atoms with E-state index in [-0.39, 0.29) is 12.1 Å². The Labute approximate surface area is 145 Å². The fourth-order valence-corrected chi connectivity index (χ4v) is 2.94. The summed E-state index contributed by atoms with van der Waals surface area (Å²) in [5.41, 5.74) is 2.15. The molecule has 0 saturated heterocycles. The maximum Gasteiger partial charge on any atom is 0.119 e. The third-order valence-electron chi connectivity index (χ3n) is 3.06. The van der Waals surface area contributed by atoms with Gasteiger partial charge in [-0.1, -0.05) is 23.7 Å². The monoisotopic (exact) mass is 415 g/mol. The zero-order valence-corrected chi connectivity index (χ0v) is 15.3. The molecule has 0 aromatic heterocycles. The average molecular weight is 416 g/mol. The molecule has 1 atom stereocenters. The molecule has 0 spiro atoms. The van der Waals surface area contributed by atoms with E-state index in [0.29, 0.717) is 0 Å². The lowest BCUT2D eigenvalue weighted by Gasteiger charge is -2.18. The van der Waals surface area contributed by atoms with Crippen LogP contribution in [0.5, 0.6) is 5.75 Å². The number of hydrogen-bond acceptors (Lipinski definition) is 2. The van der Waals surface area contributed by atoms with E-state index < -0.39 is 0 Å². The fourth-order valence-electron chi connectivity index (χ4n) is 2.03. The van der Waals surface area contributed by atoms with Crippen molar-refractivity contribution in [3.63, 3.8) is 0 Å². The zero-order valence-electron chi connectivity index (χ0n) is 12.4. The molecule has 0 bridgehead atoms. The van der Waals surface area contributed by atoms with Gasteiger partial charge in [0.2, 0.25) is 0 Å². The van der Waals surface area contributed by atoms with Gasteiger partial charge in [0.05, 0.1) is 16.8 Å². The molecular weight excluding hydrogens is 397 g/mol. The molecule has 2 rings (SSSR count).